The Hall–Kier alpha value is -2.07. The third kappa shape index (κ3) is 2.53. The van der Waals surface area contributed by atoms with Crippen molar-refractivity contribution in [3.8, 4) is 0 Å². The molecule has 96 valence electrons. The second kappa shape index (κ2) is 4.90. The monoisotopic (exact) mass is 272 g/mol. The number of benzene rings is 1. The summed E-state index contributed by atoms with van der Waals surface area (Å²) < 4.78 is 1.82. The van der Waals surface area contributed by atoms with Gasteiger partial charge >= 0.3 is 0 Å². The predicted molar refractivity (Wildman–Crippen MR) is 76.5 cm³/mol. The fourth-order valence-corrected chi connectivity index (χ4v) is 2.23. The molecule has 0 aliphatic heterocycles. The number of hydrogen-bond acceptors (Lipinski definition) is 3. The third-order valence-corrected chi connectivity index (χ3v) is 3.10. The van der Waals surface area contributed by atoms with Gasteiger partial charge in [0.15, 0.2) is 5.82 Å². The van der Waals surface area contributed by atoms with Crippen LogP contribution < -0.4 is 5.32 Å². The average molecular weight is 273 g/mol. The van der Waals surface area contributed by atoms with Crippen LogP contribution in [-0.2, 0) is 6.54 Å². The predicted octanol–water partition coefficient (Wildman–Crippen LogP) is 3.30. The molecule has 2 heterocycles. The lowest BCUT2D eigenvalue weighted by molar-refractivity contribution is 0.920. The molecular weight excluding hydrogens is 260 g/mol. The van der Waals surface area contributed by atoms with Crippen molar-refractivity contribution in [2.24, 2.45) is 0 Å². The van der Waals surface area contributed by atoms with Gasteiger partial charge in [-0.05, 0) is 30.7 Å². The molecule has 4 nitrogen and oxygen atoms in total. The van der Waals surface area contributed by atoms with Gasteiger partial charge in [-0.1, -0.05) is 23.7 Å². The lowest BCUT2D eigenvalue weighted by atomic mass is 10.2. The second-order valence-electron chi connectivity index (χ2n) is 4.37. The number of hydrogen-bond donors (Lipinski definition) is 1. The zero-order valence-corrected chi connectivity index (χ0v) is 11.2. The number of anilines is 1. The van der Waals surface area contributed by atoms with Crippen LogP contribution in [0.1, 0.15) is 11.3 Å². The van der Waals surface area contributed by atoms with Crippen LogP contribution in [0, 0.1) is 6.92 Å². The smallest absolute Gasteiger partial charge is 0.152 e. The lowest BCUT2D eigenvalue weighted by Crippen LogP contribution is -2.03. The highest BCUT2D eigenvalue weighted by Crippen LogP contribution is 2.16. The Labute approximate surface area is 116 Å². The topological polar surface area (TPSA) is 42.2 Å². The van der Waals surface area contributed by atoms with Crippen molar-refractivity contribution in [2.75, 3.05) is 5.32 Å². The molecule has 0 spiro atoms. The third-order valence-electron chi connectivity index (χ3n) is 2.86. The van der Waals surface area contributed by atoms with E-state index in [0.29, 0.717) is 6.54 Å². The molecule has 1 aromatic carbocycles. The zero-order valence-electron chi connectivity index (χ0n) is 10.5. The van der Waals surface area contributed by atoms with Gasteiger partial charge in [0.05, 0.1) is 5.69 Å². The Balaban J connectivity index is 1.85. The number of nitrogens with zero attached hydrogens (tertiary/aromatic N) is 3. The standard InChI is InChI=1S/C14H13ClN4/c1-10-7-13-14(16-5-6-19(13)18-10)17-9-11-3-2-4-12(15)8-11/h2-8H,9H2,1H3,(H,16,17). The minimum Gasteiger partial charge on any atom is -0.364 e. The van der Waals surface area contributed by atoms with E-state index in [-0.39, 0.29) is 0 Å². The summed E-state index contributed by atoms with van der Waals surface area (Å²) in [7, 11) is 0. The Morgan fingerprint density at radius 1 is 1.32 bits per heavy atom. The largest absolute Gasteiger partial charge is 0.364 e. The Morgan fingerprint density at radius 3 is 3.05 bits per heavy atom. The van der Waals surface area contributed by atoms with Gasteiger partial charge in [0, 0.05) is 24.0 Å². The Morgan fingerprint density at radius 2 is 2.21 bits per heavy atom. The molecule has 5 heteroatoms. The van der Waals surface area contributed by atoms with Gasteiger partial charge in [0.25, 0.3) is 0 Å². The Kier molecular flexibility index (Phi) is 3.09. The van der Waals surface area contributed by atoms with Gasteiger partial charge in [0.2, 0.25) is 0 Å². The zero-order chi connectivity index (χ0) is 13.2. The minimum absolute atomic E-state index is 0.678. The van der Waals surface area contributed by atoms with Crippen molar-refractivity contribution in [3.63, 3.8) is 0 Å². The summed E-state index contributed by atoms with van der Waals surface area (Å²) in [6.07, 6.45) is 3.58. The van der Waals surface area contributed by atoms with E-state index in [4.69, 9.17) is 11.6 Å². The van der Waals surface area contributed by atoms with Crippen molar-refractivity contribution < 1.29 is 0 Å². The van der Waals surface area contributed by atoms with E-state index in [0.717, 1.165) is 27.6 Å². The van der Waals surface area contributed by atoms with Crippen LogP contribution in [-0.4, -0.2) is 14.6 Å². The molecule has 0 radical (unpaired) electrons. The highest BCUT2D eigenvalue weighted by atomic mass is 35.5. The molecule has 0 saturated heterocycles. The molecule has 3 rings (SSSR count). The van der Waals surface area contributed by atoms with E-state index in [1.54, 1.807) is 6.20 Å². The maximum absolute atomic E-state index is 5.97. The van der Waals surface area contributed by atoms with E-state index in [1.807, 2.05) is 48.0 Å². The number of halogens is 1. The normalized spacial score (nSPS) is 10.8. The summed E-state index contributed by atoms with van der Waals surface area (Å²) in [5.74, 6) is 0.822. The Bertz CT molecular complexity index is 720. The maximum Gasteiger partial charge on any atom is 0.152 e. The molecule has 0 amide bonds. The van der Waals surface area contributed by atoms with Gasteiger partial charge in [-0.3, -0.25) is 0 Å². The van der Waals surface area contributed by atoms with Crippen LogP contribution in [0.2, 0.25) is 5.02 Å². The second-order valence-corrected chi connectivity index (χ2v) is 4.81. The molecule has 1 N–H and O–H groups in total. The van der Waals surface area contributed by atoms with Crippen molar-refractivity contribution in [2.45, 2.75) is 13.5 Å². The fourth-order valence-electron chi connectivity index (χ4n) is 2.01. The minimum atomic E-state index is 0.678. The van der Waals surface area contributed by atoms with Crippen LogP contribution in [0.15, 0.2) is 42.7 Å². The lowest BCUT2D eigenvalue weighted by Gasteiger charge is -2.07. The number of nitrogens with one attached hydrogen (secondary N) is 1. The molecule has 0 atom stereocenters. The van der Waals surface area contributed by atoms with Crippen molar-refractivity contribution in [3.05, 3.63) is 59.0 Å². The summed E-state index contributed by atoms with van der Waals surface area (Å²) in [6.45, 7) is 2.64. The molecule has 19 heavy (non-hydrogen) atoms. The number of aromatic nitrogens is 3. The number of fused-ring (bicyclic) bond motifs is 1. The molecule has 0 unspecified atom stereocenters. The first-order chi connectivity index (χ1) is 9.22. The maximum atomic E-state index is 5.97. The van der Waals surface area contributed by atoms with Crippen LogP contribution in [0.3, 0.4) is 0 Å². The van der Waals surface area contributed by atoms with Gasteiger partial charge in [-0.25, -0.2) is 9.50 Å². The summed E-state index contributed by atoms with van der Waals surface area (Å²) in [4.78, 5) is 4.35. The van der Waals surface area contributed by atoms with Gasteiger partial charge in [-0.2, -0.15) is 5.10 Å². The van der Waals surface area contributed by atoms with E-state index >= 15 is 0 Å². The van der Waals surface area contributed by atoms with E-state index in [2.05, 4.69) is 15.4 Å². The molecule has 3 aromatic rings. The van der Waals surface area contributed by atoms with Gasteiger partial charge in [-0.15, -0.1) is 0 Å². The van der Waals surface area contributed by atoms with Gasteiger partial charge in [0.1, 0.15) is 5.52 Å². The molecule has 0 bridgehead atoms. The van der Waals surface area contributed by atoms with E-state index in [1.165, 1.54) is 0 Å². The van der Waals surface area contributed by atoms with Gasteiger partial charge < -0.3 is 5.32 Å². The van der Waals surface area contributed by atoms with Crippen LogP contribution in [0.5, 0.6) is 0 Å². The SMILES string of the molecule is Cc1cc2c(NCc3cccc(Cl)c3)nccn2n1. The van der Waals surface area contributed by atoms with Crippen LogP contribution in [0.4, 0.5) is 5.82 Å². The number of aryl methyl sites for hydroxylation is 1. The average Bonchev–Trinajstić information content (AvgIpc) is 2.77. The summed E-state index contributed by atoms with van der Waals surface area (Å²) in [5, 5.41) is 8.41. The molecular formula is C14H13ClN4. The molecule has 0 saturated carbocycles. The summed E-state index contributed by atoms with van der Waals surface area (Å²) >= 11 is 5.97. The van der Waals surface area contributed by atoms with Crippen molar-refractivity contribution in [1.29, 1.82) is 0 Å². The highest BCUT2D eigenvalue weighted by molar-refractivity contribution is 6.30. The first-order valence-corrected chi connectivity index (χ1v) is 6.39. The fraction of sp³-hybridized carbons (Fsp3) is 0.143. The van der Waals surface area contributed by atoms with Crippen molar-refractivity contribution in [1.82, 2.24) is 14.6 Å². The number of rotatable bonds is 3. The van der Waals surface area contributed by atoms with E-state index < -0.39 is 0 Å². The first-order valence-electron chi connectivity index (χ1n) is 6.02. The molecule has 0 fully saturated rings. The quantitative estimate of drug-likeness (QED) is 0.795. The summed E-state index contributed by atoms with van der Waals surface area (Å²) in [5.41, 5.74) is 3.06. The summed E-state index contributed by atoms with van der Waals surface area (Å²) in [6, 6.07) is 9.78. The van der Waals surface area contributed by atoms with Crippen LogP contribution in [0.25, 0.3) is 5.52 Å². The molecule has 0 aliphatic rings. The first kappa shape index (κ1) is 12.0. The highest BCUT2D eigenvalue weighted by Gasteiger charge is 2.04. The molecule has 2 aromatic heterocycles. The van der Waals surface area contributed by atoms with Crippen molar-refractivity contribution >= 4 is 22.9 Å². The van der Waals surface area contributed by atoms with E-state index in [9.17, 15) is 0 Å². The molecule has 0 aliphatic carbocycles. The van der Waals surface area contributed by atoms with Crippen LogP contribution >= 0.6 is 11.6 Å².